The highest BCUT2D eigenvalue weighted by Gasteiger charge is 2.06. The number of fused-ring (bicyclic) bond motifs is 1. The molecule has 3 aromatic rings. The van der Waals surface area contributed by atoms with Crippen molar-refractivity contribution in [2.75, 3.05) is 0 Å². The molecule has 0 atom stereocenters. The summed E-state index contributed by atoms with van der Waals surface area (Å²) in [5, 5.41) is 2.00. The van der Waals surface area contributed by atoms with E-state index < -0.39 is 0 Å². The van der Waals surface area contributed by atoms with Gasteiger partial charge in [0.2, 0.25) is 0 Å². The second-order valence-corrected chi connectivity index (χ2v) is 5.00. The van der Waals surface area contributed by atoms with Crippen molar-refractivity contribution >= 4 is 22.5 Å². The van der Waals surface area contributed by atoms with Crippen molar-refractivity contribution in [2.45, 2.75) is 13.5 Å². The molecule has 0 saturated carbocycles. The van der Waals surface area contributed by atoms with Crippen LogP contribution in [0.3, 0.4) is 0 Å². The summed E-state index contributed by atoms with van der Waals surface area (Å²) < 4.78 is 2.32. The highest BCUT2D eigenvalue weighted by Crippen LogP contribution is 2.24. The van der Waals surface area contributed by atoms with E-state index in [-0.39, 0.29) is 0 Å². The average molecular weight is 256 g/mol. The number of nitrogens with zero attached hydrogens (tertiary/aromatic N) is 1. The molecule has 0 unspecified atom stereocenters. The minimum absolute atomic E-state index is 0.791. The maximum absolute atomic E-state index is 6.03. The van der Waals surface area contributed by atoms with Gasteiger partial charge in [-0.25, -0.2) is 0 Å². The van der Waals surface area contributed by atoms with Crippen molar-refractivity contribution in [3.63, 3.8) is 0 Å². The van der Waals surface area contributed by atoms with Crippen molar-refractivity contribution in [1.29, 1.82) is 0 Å². The first-order chi connectivity index (χ1) is 8.74. The maximum atomic E-state index is 6.03. The highest BCUT2D eigenvalue weighted by atomic mass is 35.5. The average Bonchev–Trinajstić information content (AvgIpc) is 2.66. The summed E-state index contributed by atoms with van der Waals surface area (Å²) in [7, 11) is 0. The zero-order valence-corrected chi connectivity index (χ0v) is 11.0. The van der Waals surface area contributed by atoms with Crippen molar-refractivity contribution in [3.8, 4) is 0 Å². The van der Waals surface area contributed by atoms with Gasteiger partial charge in [-0.15, -0.1) is 0 Å². The van der Waals surface area contributed by atoms with Crippen LogP contribution in [0.1, 0.15) is 11.3 Å². The lowest BCUT2D eigenvalue weighted by molar-refractivity contribution is 0.805. The van der Waals surface area contributed by atoms with Crippen LogP contribution in [-0.4, -0.2) is 4.57 Å². The Balaban J connectivity index is 2.09. The zero-order chi connectivity index (χ0) is 12.5. The Bertz CT molecular complexity index is 683. The Labute approximate surface area is 112 Å². The Hall–Kier alpha value is -1.73. The molecule has 0 aliphatic carbocycles. The van der Waals surface area contributed by atoms with E-state index in [9.17, 15) is 0 Å². The first-order valence-electron chi connectivity index (χ1n) is 6.03. The SMILES string of the molecule is Cc1cc2cc(Cl)ccc2n1Cc1ccccc1. The molecule has 0 amide bonds. The van der Waals surface area contributed by atoms with Crippen LogP contribution in [0.5, 0.6) is 0 Å². The second kappa shape index (κ2) is 4.51. The number of aromatic nitrogens is 1. The molecule has 0 saturated heterocycles. The van der Waals surface area contributed by atoms with Crippen LogP contribution < -0.4 is 0 Å². The first kappa shape index (κ1) is 11.4. The van der Waals surface area contributed by atoms with E-state index in [2.05, 4.69) is 47.9 Å². The summed E-state index contributed by atoms with van der Waals surface area (Å²) in [5.41, 5.74) is 3.81. The molecule has 1 heterocycles. The number of hydrogen-bond acceptors (Lipinski definition) is 0. The largest absolute Gasteiger partial charge is 0.340 e. The predicted molar refractivity (Wildman–Crippen MR) is 77.2 cm³/mol. The van der Waals surface area contributed by atoms with Gasteiger partial charge < -0.3 is 4.57 Å². The molecule has 3 rings (SSSR count). The first-order valence-corrected chi connectivity index (χ1v) is 6.41. The minimum Gasteiger partial charge on any atom is -0.340 e. The molecular weight excluding hydrogens is 242 g/mol. The molecule has 0 aliphatic heterocycles. The van der Waals surface area contributed by atoms with E-state index in [1.165, 1.54) is 22.2 Å². The fourth-order valence-corrected chi connectivity index (χ4v) is 2.54. The van der Waals surface area contributed by atoms with E-state index in [1.807, 2.05) is 18.2 Å². The third-order valence-corrected chi connectivity index (χ3v) is 3.49. The minimum atomic E-state index is 0.791. The van der Waals surface area contributed by atoms with Gasteiger partial charge in [0.05, 0.1) is 0 Å². The third-order valence-electron chi connectivity index (χ3n) is 3.25. The second-order valence-electron chi connectivity index (χ2n) is 4.56. The number of benzene rings is 2. The lowest BCUT2D eigenvalue weighted by atomic mass is 10.2. The molecule has 0 fully saturated rings. The highest BCUT2D eigenvalue weighted by molar-refractivity contribution is 6.31. The van der Waals surface area contributed by atoms with Gasteiger partial charge in [-0.3, -0.25) is 0 Å². The summed E-state index contributed by atoms with van der Waals surface area (Å²) in [6.45, 7) is 3.04. The van der Waals surface area contributed by atoms with Gasteiger partial charge in [-0.05, 0) is 36.8 Å². The molecule has 2 aromatic carbocycles. The van der Waals surface area contributed by atoms with E-state index in [0.717, 1.165) is 11.6 Å². The Morgan fingerprint density at radius 2 is 1.78 bits per heavy atom. The molecule has 1 aromatic heterocycles. The fraction of sp³-hybridized carbons (Fsp3) is 0.125. The summed E-state index contributed by atoms with van der Waals surface area (Å²) in [6.07, 6.45) is 0. The Morgan fingerprint density at radius 1 is 1.00 bits per heavy atom. The normalized spacial score (nSPS) is 11.0. The quantitative estimate of drug-likeness (QED) is 0.628. The number of halogens is 1. The molecule has 0 N–H and O–H groups in total. The van der Waals surface area contributed by atoms with Crippen molar-refractivity contribution in [1.82, 2.24) is 4.57 Å². The number of aryl methyl sites for hydroxylation is 1. The summed E-state index contributed by atoms with van der Waals surface area (Å²) in [6, 6.07) is 18.8. The summed E-state index contributed by atoms with van der Waals surface area (Å²) in [4.78, 5) is 0. The molecule has 1 nitrogen and oxygen atoms in total. The lowest BCUT2D eigenvalue weighted by Gasteiger charge is -2.08. The van der Waals surface area contributed by atoms with Crippen molar-refractivity contribution in [3.05, 3.63) is 70.9 Å². The molecule has 0 spiro atoms. The van der Waals surface area contributed by atoms with Gasteiger partial charge in [0.15, 0.2) is 0 Å². The van der Waals surface area contributed by atoms with Gasteiger partial charge >= 0.3 is 0 Å². The van der Waals surface area contributed by atoms with Gasteiger partial charge in [0.1, 0.15) is 0 Å². The van der Waals surface area contributed by atoms with Crippen LogP contribution in [0.4, 0.5) is 0 Å². The monoisotopic (exact) mass is 255 g/mol. The molecule has 2 heteroatoms. The molecule has 18 heavy (non-hydrogen) atoms. The fourth-order valence-electron chi connectivity index (χ4n) is 2.36. The topological polar surface area (TPSA) is 4.93 Å². The number of rotatable bonds is 2. The Kier molecular flexibility index (Phi) is 2.85. The summed E-state index contributed by atoms with van der Waals surface area (Å²) in [5.74, 6) is 0. The van der Waals surface area contributed by atoms with E-state index in [0.29, 0.717) is 0 Å². The van der Waals surface area contributed by atoms with Crippen LogP contribution in [0.2, 0.25) is 5.02 Å². The smallest absolute Gasteiger partial charge is 0.0486 e. The molecule has 0 radical (unpaired) electrons. The van der Waals surface area contributed by atoms with E-state index in [1.54, 1.807) is 0 Å². The van der Waals surface area contributed by atoms with Crippen LogP contribution in [0, 0.1) is 6.92 Å². The van der Waals surface area contributed by atoms with Crippen LogP contribution in [0.15, 0.2) is 54.6 Å². The molecular formula is C16H14ClN. The zero-order valence-electron chi connectivity index (χ0n) is 10.2. The predicted octanol–water partition coefficient (Wildman–Crippen LogP) is 4.65. The maximum Gasteiger partial charge on any atom is 0.0486 e. The molecule has 0 aliphatic rings. The third kappa shape index (κ3) is 2.02. The van der Waals surface area contributed by atoms with Gasteiger partial charge in [0.25, 0.3) is 0 Å². The lowest BCUT2D eigenvalue weighted by Crippen LogP contribution is -2.00. The number of hydrogen-bond donors (Lipinski definition) is 0. The van der Waals surface area contributed by atoms with Crippen LogP contribution >= 0.6 is 11.6 Å². The van der Waals surface area contributed by atoms with Crippen LogP contribution in [0.25, 0.3) is 10.9 Å². The van der Waals surface area contributed by atoms with E-state index >= 15 is 0 Å². The van der Waals surface area contributed by atoms with Crippen molar-refractivity contribution in [2.24, 2.45) is 0 Å². The van der Waals surface area contributed by atoms with E-state index in [4.69, 9.17) is 11.6 Å². The van der Waals surface area contributed by atoms with Crippen LogP contribution in [-0.2, 0) is 6.54 Å². The molecule has 0 bridgehead atoms. The molecule has 90 valence electrons. The standard InChI is InChI=1S/C16H14ClN/c1-12-9-14-10-15(17)7-8-16(14)18(12)11-13-5-3-2-4-6-13/h2-10H,11H2,1H3. The van der Waals surface area contributed by atoms with Gasteiger partial charge in [0, 0.05) is 28.2 Å². The Morgan fingerprint density at radius 3 is 2.56 bits per heavy atom. The summed E-state index contributed by atoms with van der Waals surface area (Å²) >= 11 is 6.03. The van der Waals surface area contributed by atoms with Gasteiger partial charge in [-0.1, -0.05) is 41.9 Å². The van der Waals surface area contributed by atoms with Crippen molar-refractivity contribution < 1.29 is 0 Å². The van der Waals surface area contributed by atoms with Gasteiger partial charge in [-0.2, -0.15) is 0 Å².